The monoisotopic (exact) mass is 526 g/mol. The molecule has 4 rings (SSSR count). The first-order valence-electron chi connectivity index (χ1n) is 9.48. The lowest BCUT2D eigenvalue weighted by atomic mass is 10.2. The van der Waals surface area contributed by atoms with Crippen LogP contribution < -0.4 is 0 Å². The zero-order chi connectivity index (χ0) is 23.4. The second kappa shape index (κ2) is 9.84. The number of phenols is 1. The number of nitrogens with zero attached hydrogens (tertiary/aromatic N) is 4. The van der Waals surface area contributed by atoms with Crippen LogP contribution in [0.15, 0.2) is 84.9 Å². The summed E-state index contributed by atoms with van der Waals surface area (Å²) in [4.78, 5) is 25.4. The number of thioether (sulfide) groups is 1. The molecule has 1 amide bonds. The number of carbonyl (C=O) groups is 1. The third kappa shape index (κ3) is 5.38. The summed E-state index contributed by atoms with van der Waals surface area (Å²) in [5.74, 6) is 0.264. The van der Waals surface area contributed by atoms with Gasteiger partial charge in [0.2, 0.25) is 0 Å². The van der Waals surface area contributed by atoms with Crippen molar-refractivity contribution in [2.24, 2.45) is 10.2 Å². The second-order valence-electron chi connectivity index (χ2n) is 6.76. The number of nitro benzene ring substituents is 1. The third-order valence-corrected chi connectivity index (χ3v) is 5.98. The molecule has 1 aliphatic rings. The van der Waals surface area contributed by atoms with Gasteiger partial charge in [-0.1, -0.05) is 28.1 Å². The summed E-state index contributed by atoms with van der Waals surface area (Å²) in [5, 5.41) is 29.5. The Morgan fingerprint density at radius 1 is 1.21 bits per heavy atom. The first-order chi connectivity index (χ1) is 15.9. The minimum Gasteiger partial charge on any atom is -0.507 e. The van der Waals surface area contributed by atoms with Gasteiger partial charge in [-0.2, -0.15) is 5.10 Å². The van der Waals surface area contributed by atoms with Crippen LogP contribution in [0.1, 0.15) is 16.9 Å². The normalized spacial score (nSPS) is 16.4. The van der Waals surface area contributed by atoms with Gasteiger partial charge in [0.1, 0.15) is 11.5 Å². The molecule has 2 aromatic carbocycles. The van der Waals surface area contributed by atoms with Crippen molar-refractivity contribution in [1.29, 1.82) is 0 Å². The predicted molar refractivity (Wildman–Crippen MR) is 129 cm³/mol. The molecular weight excluding hydrogens is 512 g/mol. The maximum absolute atomic E-state index is 13.1. The molecule has 11 heteroatoms. The van der Waals surface area contributed by atoms with Crippen molar-refractivity contribution in [3.05, 3.63) is 97.2 Å². The molecule has 9 nitrogen and oxygen atoms in total. The van der Waals surface area contributed by atoms with Crippen LogP contribution in [0.25, 0.3) is 6.08 Å². The Kier molecular flexibility index (Phi) is 6.71. The van der Waals surface area contributed by atoms with Gasteiger partial charge in [-0.3, -0.25) is 19.8 Å². The topological polar surface area (TPSA) is 122 Å². The molecule has 166 valence electrons. The Hall–Kier alpha value is -3.70. The number of nitro groups is 1. The standard InChI is InChI=1S/C22H15BrN4O5S/c23-16-6-7-19(28)15(11-16)12-24-25-22-26(13-18-5-2-8-32-18)21(29)20(33-22)10-14-3-1-4-17(9-14)27(30)31/h1-12,28H,13H2/b20-10-,24-12+,25-22-. The summed E-state index contributed by atoms with van der Waals surface area (Å²) in [5.41, 5.74) is 0.898. The molecule has 1 fully saturated rings. The van der Waals surface area contributed by atoms with E-state index in [0.717, 1.165) is 16.2 Å². The largest absolute Gasteiger partial charge is 0.507 e. The number of halogens is 1. The van der Waals surface area contributed by atoms with E-state index < -0.39 is 4.92 Å². The molecule has 2 heterocycles. The van der Waals surface area contributed by atoms with Gasteiger partial charge in [-0.25, -0.2) is 0 Å². The molecular formula is C22H15BrN4O5S. The van der Waals surface area contributed by atoms with Gasteiger partial charge < -0.3 is 9.52 Å². The van der Waals surface area contributed by atoms with E-state index in [1.54, 1.807) is 42.5 Å². The highest BCUT2D eigenvalue weighted by Crippen LogP contribution is 2.34. The number of non-ortho nitro benzene ring substituents is 1. The smallest absolute Gasteiger partial charge is 0.270 e. The number of hydrogen-bond donors (Lipinski definition) is 1. The summed E-state index contributed by atoms with van der Waals surface area (Å²) >= 11 is 4.42. The van der Waals surface area contributed by atoms with Gasteiger partial charge in [-0.15, -0.1) is 5.10 Å². The van der Waals surface area contributed by atoms with E-state index in [1.165, 1.54) is 35.6 Å². The van der Waals surface area contributed by atoms with Crippen LogP contribution in [0.3, 0.4) is 0 Å². The highest BCUT2D eigenvalue weighted by molar-refractivity contribution is 9.10. The number of amidine groups is 1. The van der Waals surface area contributed by atoms with Crippen LogP contribution in [-0.2, 0) is 11.3 Å². The number of rotatable bonds is 6. The van der Waals surface area contributed by atoms with Gasteiger partial charge in [0.05, 0.1) is 28.9 Å². The molecule has 1 saturated heterocycles. The lowest BCUT2D eigenvalue weighted by Crippen LogP contribution is -2.28. The first-order valence-corrected chi connectivity index (χ1v) is 11.1. The fraction of sp³-hybridized carbons (Fsp3) is 0.0455. The second-order valence-corrected chi connectivity index (χ2v) is 8.69. The maximum Gasteiger partial charge on any atom is 0.270 e. The van der Waals surface area contributed by atoms with E-state index in [2.05, 4.69) is 26.1 Å². The minimum absolute atomic E-state index is 0.0380. The van der Waals surface area contributed by atoms with E-state index in [9.17, 15) is 20.0 Å². The van der Waals surface area contributed by atoms with Gasteiger partial charge in [0.25, 0.3) is 11.6 Å². The molecule has 0 saturated carbocycles. The Morgan fingerprint density at radius 3 is 2.82 bits per heavy atom. The quantitative estimate of drug-likeness (QED) is 0.205. The van der Waals surface area contributed by atoms with E-state index >= 15 is 0 Å². The lowest BCUT2D eigenvalue weighted by Gasteiger charge is -2.12. The number of amides is 1. The number of phenolic OH excluding ortho intramolecular Hbond substituents is 1. The average Bonchev–Trinajstić information content (AvgIpc) is 3.41. The highest BCUT2D eigenvalue weighted by Gasteiger charge is 2.34. The Labute approximate surface area is 200 Å². The van der Waals surface area contributed by atoms with Crippen LogP contribution in [0.5, 0.6) is 5.75 Å². The molecule has 1 aromatic heterocycles. The fourth-order valence-electron chi connectivity index (χ4n) is 2.93. The van der Waals surface area contributed by atoms with Crippen molar-refractivity contribution in [3.63, 3.8) is 0 Å². The van der Waals surface area contributed by atoms with Crippen molar-refractivity contribution in [3.8, 4) is 5.75 Å². The number of carbonyl (C=O) groups excluding carboxylic acids is 1. The van der Waals surface area contributed by atoms with E-state index in [0.29, 0.717) is 27.0 Å². The van der Waals surface area contributed by atoms with Crippen molar-refractivity contribution in [1.82, 2.24) is 4.90 Å². The SMILES string of the molecule is O=C1/C(=C/c2cccc([N+](=O)[O-])c2)S/C(=N\N=C\c2cc(Br)ccc2O)N1Cc1ccco1. The molecule has 0 aliphatic carbocycles. The summed E-state index contributed by atoms with van der Waals surface area (Å²) < 4.78 is 6.13. The van der Waals surface area contributed by atoms with Crippen LogP contribution in [0, 0.1) is 10.1 Å². The molecule has 0 bridgehead atoms. The average molecular weight is 527 g/mol. The molecule has 0 radical (unpaired) electrons. The van der Waals surface area contributed by atoms with Crippen LogP contribution in [-0.4, -0.2) is 32.2 Å². The van der Waals surface area contributed by atoms with Crippen molar-refractivity contribution < 1.29 is 19.2 Å². The zero-order valence-electron chi connectivity index (χ0n) is 16.8. The minimum atomic E-state index is -0.492. The molecule has 1 N–H and O–H groups in total. The Morgan fingerprint density at radius 2 is 2.06 bits per heavy atom. The summed E-state index contributed by atoms with van der Waals surface area (Å²) in [6, 6.07) is 14.4. The maximum atomic E-state index is 13.1. The predicted octanol–water partition coefficient (Wildman–Crippen LogP) is 5.16. The van der Waals surface area contributed by atoms with Gasteiger partial charge in [0.15, 0.2) is 5.17 Å². The molecule has 1 aliphatic heterocycles. The molecule has 0 unspecified atom stereocenters. The van der Waals surface area contributed by atoms with E-state index in [-0.39, 0.29) is 23.9 Å². The summed E-state index contributed by atoms with van der Waals surface area (Å²) in [6.45, 7) is 0.140. The molecule has 3 aromatic rings. The third-order valence-electron chi connectivity index (χ3n) is 4.49. The van der Waals surface area contributed by atoms with Crippen molar-refractivity contribution in [2.75, 3.05) is 0 Å². The van der Waals surface area contributed by atoms with Gasteiger partial charge in [0, 0.05) is 22.2 Å². The summed E-state index contributed by atoms with van der Waals surface area (Å²) in [6.07, 6.45) is 4.46. The van der Waals surface area contributed by atoms with Gasteiger partial charge in [-0.05, 0) is 53.7 Å². The van der Waals surface area contributed by atoms with Crippen molar-refractivity contribution >= 4 is 56.7 Å². The zero-order valence-corrected chi connectivity index (χ0v) is 19.2. The van der Waals surface area contributed by atoms with Crippen LogP contribution in [0.2, 0.25) is 0 Å². The van der Waals surface area contributed by atoms with E-state index in [4.69, 9.17) is 4.42 Å². The molecule has 0 atom stereocenters. The summed E-state index contributed by atoms with van der Waals surface area (Å²) in [7, 11) is 0. The Bertz CT molecular complexity index is 1300. The number of furan rings is 1. The van der Waals surface area contributed by atoms with Crippen LogP contribution in [0.4, 0.5) is 5.69 Å². The Balaban J connectivity index is 1.65. The van der Waals surface area contributed by atoms with Gasteiger partial charge >= 0.3 is 0 Å². The molecule has 0 spiro atoms. The number of benzene rings is 2. The fourth-order valence-corrected chi connectivity index (χ4v) is 4.24. The van der Waals surface area contributed by atoms with Crippen LogP contribution >= 0.6 is 27.7 Å². The number of aromatic hydroxyl groups is 1. The molecule has 33 heavy (non-hydrogen) atoms. The highest BCUT2D eigenvalue weighted by atomic mass is 79.9. The lowest BCUT2D eigenvalue weighted by molar-refractivity contribution is -0.384. The van der Waals surface area contributed by atoms with Crippen molar-refractivity contribution in [2.45, 2.75) is 6.54 Å². The first kappa shape index (κ1) is 22.5. The van der Waals surface area contributed by atoms with E-state index in [1.807, 2.05) is 0 Å². The number of hydrogen-bond acceptors (Lipinski definition) is 8.